The first kappa shape index (κ1) is 15.4. The van der Waals surface area contributed by atoms with E-state index in [2.05, 4.69) is 14.9 Å². The number of aryl methyl sites for hydroxylation is 1. The largest absolute Gasteiger partial charge is 0.573 e. The summed E-state index contributed by atoms with van der Waals surface area (Å²) in [5.74, 6) is -1.18. The Kier molecular flexibility index (Phi) is 4.22. The molecule has 0 saturated carbocycles. The second-order valence-electron chi connectivity index (χ2n) is 4.17. The van der Waals surface area contributed by atoms with Gasteiger partial charge in [0.2, 0.25) is 0 Å². The van der Waals surface area contributed by atoms with E-state index in [4.69, 9.17) is 11.6 Å². The highest BCUT2D eigenvalue weighted by Crippen LogP contribution is 2.31. The number of hydrogen-bond donors (Lipinski definition) is 1. The number of ether oxygens (including phenoxy) is 1. The Bertz CT molecular complexity index is 679. The van der Waals surface area contributed by atoms with Crippen LogP contribution in [0.4, 0.5) is 17.6 Å². The van der Waals surface area contributed by atoms with Crippen molar-refractivity contribution in [1.29, 1.82) is 0 Å². The zero-order valence-corrected chi connectivity index (χ0v) is 11.4. The third-order valence-electron chi connectivity index (χ3n) is 2.43. The summed E-state index contributed by atoms with van der Waals surface area (Å²) in [4.78, 5) is 0. The maximum Gasteiger partial charge on any atom is 0.573 e. The lowest BCUT2D eigenvalue weighted by Gasteiger charge is -2.10. The molecule has 2 aromatic rings. The number of aromatic amines is 1. The number of nitrogens with one attached hydrogen (secondary N) is 1. The fourth-order valence-electron chi connectivity index (χ4n) is 1.57. The van der Waals surface area contributed by atoms with Crippen molar-refractivity contribution in [3.8, 4) is 5.75 Å². The molecule has 3 nitrogen and oxygen atoms in total. The monoisotopic (exact) mass is 320 g/mol. The summed E-state index contributed by atoms with van der Waals surface area (Å²) in [6.07, 6.45) is -3.72. The smallest absolute Gasteiger partial charge is 0.404 e. The van der Waals surface area contributed by atoms with Crippen LogP contribution in [0, 0.1) is 6.92 Å². The lowest BCUT2D eigenvalue weighted by Crippen LogP contribution is -2.17. The van der Waals surface area contributed by atoms with Crippen molar-refractivity contribution in [2.75, 3.05) is 0 Å². The molecule has 1 heterocycles. The first-order valence-electron chi connectivity index (χ1n) is 5.69. The van der Waals surface area contributed by atoms with Crippen molar-refractivity contribution in [3.05, 3.63) is 46.2 Å². The van der Waals surface area contributed by atoms with Gasteiger partial charge in [-0.1, -0.05) is 17.7 Å². The molecular formula is C13H9ClF4N2O. The Morgan fingerprint density at radius 1 is 1.33 bits per heavy atom. The molecule has 0 aliphatic rings. The van der Waals surface area contributed by atoms with Crippen molar-refractivity contribution < 1.29 is 22.3 Å². The molecule has 1 N–H and O–H groups in total. The summed E-state index contributed by atoms with van der Waals surface area (Å²) in [5.41, 5.74) is 1.06. The summed E-state index contributed by atoms with van der Waals surface area (Å²) >= 11 is 5.67. The molecule has 0 fully saturated rings. The predicted octanol–water partition coefficient (Wildman–Crippen LogP) is 4.74. The van der Waals surface area contributed by atoms with Crippen molar-refractivity contribution in [2.24, 2.45) is 0 Å². The van der Waals surface area contributed by atoms with Crippen LogP contribution in [0.15, 0.2) is 24.3 Å². The summed E-state index contributed by atoms with van der Waals surface area (Å²) < 4.78 is 53.9. The Hall–Kier alpha value is -2.02. The van der Waals surface area contributed by atoms with E-state index < -0.39 is 17.9 Å². The van der Waals surface area contributed by atoms with Gasteiger partial charge in [0.15, 0.2) is 5.83 Å². The number of H-pyrrole nitrogens is 1. The van der Waals surface area contributed by atoms with Crippen molar-refractivity contribution >= 4 is 23.5 Å². The van der Waals surface area contributed by atoms with Crippen LogP contribution in [0.1, 0.15) is 17.0 Å². The highest BCUT2D eigenvalue weighted by molar-refractivity contribution is 6.32. The quantitative estimate of drug-likeness (QED) is 0.830. The van der Waals surface area contributed by atoms with Crippen LogP contribution < -0.4 is 4.74 Å². The van der Waals surface area contributed by atoms with E-state index in [1.807, 2.05) is 0 Å². The van der Waals surface area contributed by atoms with Gasteiger partial charge >= 0.3 is 6.36 Å². The molecule has 8 heteroatoms. The van der Waals surface area contributed by atoms with E-state index in [-0.39, 0.29) is 16.3 Å². The SMILES string of the molecule is Cc1cc(/C(F)=C/c2ccc(OC(F)(F)F)c(Cl)c2)n[nH]1. The summed E-state index contributed by atoms with van der Waals surface area (Å²) in [6, 6.07) is 4.94. The third kappa shape index (κ3) is 4.22. The van der Waals surface area contributed by atoms with E-state index in [1.165, 1.54) is 18.2 Å². The highest BCUT2D eigenvalue weighted by atomic mass is 35.5. The average Bonchev–Trinajstić information content (AvgIpc) is 2.78. The minimum absolute atomic E-state index is 0.0965. The third-order valence-corrected chi connectivity index (χ3v) is 2.72. The van der Waals surface area contributed by atoms with Gasteiger partial charge in [0.05, 0.1) is 5.02 Å². The van der Waals surface area contributed by atoms with E-state index in [1.54, 1.807) is 6.92 Å². The van der Waals surface area contributed by atoms with Crippen LogP contribution in [0.2, 0.25) is 5.02 Å². The lowest BCUT2D eigenvalue weighted by molar-refractivity contribution is -0.274. The number of aromatic nitrogens is 2. The van der Waals surface area contributed by atoms with Gasteiger partial charge in [0.25, 0.3) is 0 Å². The van der Waals surface area contributed by atoms with Crippen LogP contribution in [0.3, 0.4) is 0 Å². The zero-order chi connectivity index (χ0) is 15.6. The van der Waals surface area contributed by atoms with Gasteiger partial charge in [-0.05, 0) is 36.8 Å². The number of halogens is 5. The van der Waals surface area contributed by atoms with Crippen molar-refractivity contribution in [2.45, 2.75) is 13.3 Å². The normalized spacial score (nSPS) is 12.6. The van der Waals surface area contributed by atoms with E-state index in [0.29, 0.717) is 5.69 Å². The molecule has 0 saturated heterocycles. The van der Waals surface area contributed by atoms with Gasteiger partial charge in [0.1, 0.15) is 11.4 Å². The number of nitrogens with zero attached hydrogens (tertiary/aromatic N) is 1. The van der Waals surface area contributed by atoms with E-state index in [0.717, 1.165) is 12.1 Å². The fourth-order valence-corrected chi connectivity index (χ4v) is 1.80. The van der Waals surface area contributed by atoms with Gasteiger partial charge in [-0.15, -0.1) is 13.2 Å². The summed E-state index contributed by atoms with van der Waals surface area (Å²) in [6.45, 7) is 1.71. The number of rotatable bonds is 3. The maximum absolute atomic E-state index is 13.9. The Morgan fingerprint density at radius 3 is 2.57 bits per heavy atom. The molecule has 0 bridgehead atoms. The molecule has 0 aliphatic heterocycles. The molecule has 0 amide bonds. The van der Waals surface area contributed by atoms with Gasteiger partial charge in [-0.25, -0.2) is 4.39 Å². The van der Waals surface area contributed by atoms with Crippen molar-refractivity contribution in [3.63, 3.8) is 0 Å². The molecule has 112 valence electrons. The minimum Gasteiger partial charge on any atom is -0.404 e. The fraction of sp³-hybridized carbons (Fsp3) is 0.154. The van der Waals surface area contributed by atoms with E-state index in [9.17, 15) is 17.6 Å². The van der Waals surface area contributed by atoms with Gasteiger partial charge in [-0.2, -0.15) is 5.10 Å². The Morgan fingerprint density at radius 2 is 2.05 bits per heavy atom. The zero-order valence-electron chi connectivity index (χ0n) is 10.6. The molecule has 0 aliphatic carbocycles. The molecule has 1 aromatic heterocycles. The Balaban J connectivity index is 2.24. The number of alkyl halides is 3. The first-order valence-corrected chi connectivity index (χ1v) is 6.07. The molecule has 2 rings (SSSR count). The van der Waals surface area contributed by atoms with Crippen molar-refractivity contribution in [1.82, 2.24) is 10.2 Å². The van der Waals surface area contributed by atoms with Gasteiger partial charge < -0.3 is 4.74 Å². The highest BCUT2D eigenvalue weighted by Gasteiger charge is 2.31. The lowest BCUT2D eigenvalue weighted by atomic mass is 10.2. The average molecular weight is 321 g/mol. The Labute approximate surface area is 122 Å². The van der Waals surface area contributed by atoms with Crippen LogP contribution in [-0.4, -0.2) is 16.6 Å². The molecule has 0 spiro atoms. The predicted molar refractivity (Wildman–Crippen MR) is 70.4 cm³/mol. The molecular weight excluding hydrogens is 312 g/mol. The van der Waals surface area contributed by atoms with Gasteiger partial charge in [0, 0.05) is 5.69 Å². The minimum atomic E-state index is -4.83. The molecule has 0 radical (unpaired) electrons. The van der Waals surface area contributed by atoms with Crippen LogP contribution in [0.25, 0.3) is 11.9 Å². The molecule has 0 unspecified atom stereocenters. The maximum atomic E-state index is 13.9. The topological polar surface area (TPSA) is 37.9 Å². The molecule has 21 heavy (non-hydrogen) atoms. The van der Waals surface area contributed by atoms with Gasteiger partial charge in [-0.3, -0.25) is 5.10 Å². The summed E-state index contributed by atoms with van der Waals surface area (Å²) in [5, 5.41) is 6.03. The summed E-state index contributed by atoms with van der Waals surface area (Å²) in [7, 11) is 0. The van der Waals surface area contributed by atoms with E-state index >= 15 is 0 Å². The van der Waals surface area contributed by atoms with Crippen LogP contribution >= 0.6 is 11.6 Å². The molecule has 0 atom stereocenters. The molecule has 1 aromatic carbocycles. The second kappa shape index (κ2) is 5.77. The van der Waals surface area contributed by atoms with Crippen LogP contribution in [-0.2, 0) is 0 Å². The first-order chi connectivity index (χ1) is 9.74. The van der Waals surface area contributed by atoms with Crippen LogP contribution in [0.5, 0.6) is 5.75 Å². The number of benzene rings is 1. The number of hydrogen-bond acceptors (Lipinski definition) is 2. The second-order valence-corrected chi connectivity index (χ2v) is 4.57. The standard InChI is InChI=1S/C13H9ClF4N2O/c1-7-4-11(20-19-7)10(15)6-8-2-3-12(9(14)5-8)21-13(16,17)18/h2-6H,1H3,(H,19,20)/b10-6-.